The Balaban J connectivity index is 2.35. The van der Waals surface area contributed by atoms with Crippen LogP contribution in [0.2, 0.25) is 18.1 Å². The summed E-state index contributed by atoms with van der Waals surface area (Å²) < 4.78 is 7.00. The van der Waals surface area contributed by atoms with Gasteiger partial charge in [-0.3, -0.25) is 0 Å². The first kappa shape index (κ1) is 20.2. The summed E-state index contributed by atoms with van der Waals surface area (Å²) in [5.74, 6) is 2.13. The topological polar surface area (TPSA) is 26.3 Å². The van der Waals surface area contributed by atoms with Gasteiger partial charge in [0.1, 0.15) is 6.29 Å². The second-order valence-electron chi connectivity index (χ2n) is 9.33. The van der Waals surface area contributed by atoms with Crippen LogP contribution in [0.15, 0.2) is 0 Å². The molecule has 2 fully saturated rings. The van der Waals surface area contributed by atoms with Crippen molar-refractivity contribution in [2.75, 3.05) is 0 Å². The van der Waals surface area contributed by atoms with Crippen LogP contribution in [-0.4, -0.2) is 20.7 Å². The Morgan fingerprint density at radius 2 is 1.71 bits per heavy atom. The predicted molar refractivity (Wildman–Crippen MR) is 105 cm³/mol. The van der Waals surface area contributed by atoms with E-state index in [0.717, 1.165) is 18.3 Å². The summed E-state index contributed by atoms with van der Waals surface area (Å²) in [6.45, 7) is 16.6. The SMILES string of the molecule is CC[Si](CC)(CC)O[C@H]1CC[C@]2(C)C(C)C(C)C[C@H]2[C@]1(C)CC=O. The Labute approximate surface area is 151 Å². The maximum Gasteiger partial charge on any atom is 0.192 e. The van der Waals surface area contributed by atoms with Crippen LogP contribution in [-0.2, 0) is 9.22 Å². The highest BCUT2D eigenvalue weighted by molar-refractivity contribution is 6.73. The molecule has 0 radical (unpaired) electrons. The smallest absolute Gasteiger partial charge is 0.192 e. The lowest BCUT2D eigenvalue weighted by Gasteiger charge is -2.56. The average molecular weight is 353 g/mol. The highest BCUT2D eigenvalue weighted by Gasteiger charge is 2.60. The molecule has 0 aliphatic heterocycles. The number of carbonyl (C=O) groups excluding carboxylic acids is 1. The number of hydrogen-bond donors (Lipinski definition) is 0. The molecule has 0 N–H and O–H groups in total. The van der Waals surface area contributed by atoms with Crippen molar-refractivity contribution in [2.24, 2.45) is 28.6 Å². The van der Waals surface area contributed by atoms with Gasteiger partial charge in [-0.1, -0.05) is 48.5 Å². The first-order valence-corrected chi connectivity index (χ1v) is 12.9. The maximum atomic E-state index is 11.6. The fourth-order valence-corrected chi connectivity index (χ4v) is 9.17. The predicted octanol–water partition coefficient (Wildman–Crippen LogP) is 6.06. The number of aldehydes is 1. The Kier molecular flexibility index (Phi) is 6.07. The zero-order valence-corrected chi connectivity index (χ0v) is 18.2. The standard InChI is InChI=1S/C21H40O2Si/c1-8-24(9-2,10-3)23-19-11-12-20(6)17(5)16(4)15-18(20)21(19,7)13-14-22/h14,16-19H,8-13,15H2,1-7H3/t16?,17?,18-,19+,20-,21+/m1/s1. The molecule has 2 aliphatic carbocycles. The fourth-order valence-electron chi connectivity index (χ4n) is 6.18. The van der Waals surface area contributed by atoms with Crippen molar-refractivity contribution in [1.29, 1.82) is 0 Å². The van der Waals surface area contributed by atoms with Gasteiger partial charge in [-0.15, -0.1) is 0 Å². The molecule has 0 aromatic rings. The molecule has 2 unspecified atom stereocenters. The quantitative estimate of drug-likeness (QED) is 0.411. The Morgan fingerprint density at radius 3 is 2.21 bits per heavy atom. The monoisotopic (exact) mass is 352 g/mol. The van der Waals surface area contributed by atoms with Gasteiger partial charge in [0.15, 0.2) is 8.32 Å². The lowest BCUT2D eigenvalue weighted by molar-refractivity contribution is -0.124. The molecule has 140 valence electrons. The van der Waals surface area contributed by atoms with E-state index in [0.29, 0.717) is 17.8 Å². The van der Waals surface area contributed by atoms with Gasteiger partial charge in [0.2, 0.25) is 0 Å². The van der Waals surface area contributed by atoms with Crippen LogP contribution in [0, 0.1) is 28.6 Å². The third kappa shape index (κ3) is 3.04. The Morgan fingerprint density at radius 1 is 1.12 bits per heavy atom. The van der Waals surface area contributed by atoms with E-state index in [1.54, 1.807) is 0 Å². The van der Waals surface area contributed by atoms with Crippen molar-refractivity contribution in [3.8, 4) is 0 Å². The molecular weight excluding hydrogens is 312 g/mol. The zero-order valence-electron chi connectivity index (χ0n) is 17.2. The first-order valence-electron chi connectivity index (χ1n) is 10.3. The normalized spacial score (nSPS) is 42.8. The van der Waals surface area contributed by atoms with Gasteiger partial charge in [-0.25, -0.2) is 0 Å². The number of hydrogen-bond acceptors (Lipinski definition) is 2. The summed E-state index contributed by atoms with van der Waals surface area (Å²) in [7, 11) is -1.64. The third-order valence-corrected chi connectivity index (χ3v) is 13.3. The summed E-state index contributed by atoms with van der Waals surface area (Å²) in [6, 6.07) is 3.59. The molecule has 0 bridgehead atoms. The molecule has 0 heterocycles. The van der Waals surface area contributed by atoms with Crippen LogP contribution in [0.25, 0.3) is 0 Å². The van der Waals surface area contributed by atoms with E-state index in [1.165, 1.54) is 37.3 Å². The van der Waals surface area contributed by atoms with Crippen molar-refractivity contribution in [3.05, 3.63) is 0 Å². The largest absolute Gasteiger partial charge is 0.413 e. The summed E-state index contributed by atoms with van der Waals surface area (Å²) >= 11 is 0. The first-order chi connectivity index (χ1) is 11.2. The van der Waals surface area contributed by atoms with Crippen molar-refractivity contribution in [2.45, 2.75) is 98.4 Å². The van der Waals surface area contributed by atoms with Crippen molar-refractivity contribution >= 4 is 14.6 Å². The van der Waals surface area contributed by atoms with Gasteiger partial charge in [0, 0.05) is 11.8 Å². The van der Waals surface area contributed by atoms with E-state index >= 15 is 0 Å². The molecule has 0 aromatic heterocycles. The van der Waals surface area contributed by atoms with Gasteiger partial charge >= 0.3 is 0 Å². The highest BCUT2D eigenvalue weighted by atomic mass is 28.4. The second-order valence-corrected chi connectivity index (χ2v) is 14.0. The molecule has 2 rings (SSSR count). The molecule has 2 nitrogen and oxygen atoms in total. The van der Waals surface area contributed by atoms with Gasteiger partial charge in [0.25, 0.3) is 0 Å². The molecule has 6 atom stereocenters. The number of carbonyl (C=O) groups is 1. The highest BCUT2D eigenvalue weighted by Crippen LogP contribution is 2.65. The van der Waals surface area contributed by atoms with E-state index in [4.69, 9.17) is 4.43 Å². The van der Waals surface area contributed by atoms with E-state index in [2.05, 4.69) is 48.5 Å². The van der Waals surface area contributed by atoms with Gasteiger partial charge < -0.3 is 9.22 Å². The minimum absolute atomic E-state index is 0.0194. The molecule has 0 spiro atoms. The third-order valence-electron chi connectivity index (χ3n) is 8.62. The van der Waals surface area contributed by atoms with E-state index in [9.17, 15) is 4.79 Å². The lowest BCUT2D eigenvalue weighted by Crippen LogP contribution is -2.55. The number of rotatable bonds is 7. The molecule has 2 saturated carbocycles. The Hall–Kier alpha value is -0.153. The van der Waals surface area contributed by atoms with E-state index < -0.39 is 8.32 Å². The van der Waals surface area contributed by atoms with Gasteiger partial charge in [0.05, 0.1) is 6.10 Å². The minimum atomic E-state index is -1.64. The van der Waals surface area contributed by atoms with E-state index in [1.807, 2.05) is 0 Å². The molecule has 0 saturated heterocycles. The van der Waals surface area contributed by atoms with Crippen LogP contribution in [0.3, 0.4) is 0 Å². The molecule has 0 amide bonds. The minimum Gasteiger partial charge on any atom is -0.413 e. The van der Waals surface area contributed by atoms with Crippen LogP contribution < -0.4 is 0 Å². The summed E-state index contributed by atoms with van der Waals surface area (Å²) in [5.41, 5.74) is 0.400. The zero-order chi connectivity index (χ0) is 18.2. The molecular formula is C21H40O2Si. The van der Waals surface area contributed by atoms with Crippen LogP contribution in [0.4, 0.5) is 0 Å². The average Bonchev–Trinajstić information content (AvgIpc) is 2.81. The van der Waals surface area contributed by atoms with Crippen LogP contribution >= 0.6 is 0 Å². The molecule has 0 aromatic carbocycles. The number of fused-ring (bicyclic) bond motifs is 1. The lowest BCUT2D eigenvalue weighted by atomic mass is 9.53. The molecule has 24 heavy (non-hydrogen) atoms. The van der Waals surface area contributed by atoms with Crippen LogP contribution in [0.5, 0.6) is 0 Å². The van der Waals surface area contributed by atoms with Crippen molar-refractivity contribution < 1.29 is 9.22 Å². The second kappa shape index (κ2) is 7.23. The van der Waals surface area contributed by atoms with Gasteiger partial charge in [-0.2, -0.15) is 0 Å². The molecule has 2 aliphatic rings. The summed E-state index contributed by atoms with van der Waals surface area (Å²) in [5, 5.41) is 0. The van der Waals surface area contributed by atoms with E-state index in [-0.39, 0.29) is 11.5 Å². The fraction of sp³-hybridized carbons (Fsp3) is 0.952. The van der Waals surface area contributed by atoms with Crippen molar-refractivity contribution in [1.82, 2.24) is 0 Å². The van der Waals surface area contributed by atoms with Crippen molar-refractivity contribution in [3.63, 3.8) is 0 Å². The maximum absolute atomic E-state index is 11.6. The summed E-state index contributed by atoms with van der Waals surface area (Å²) in [6.07, 6.45) is 5.79. The van der Waals surface area contributed by atoms with Crippen LogP contribution in [0.1, 0.15) is 74.1 Å². The Bertz CT molecular complexity index is 439. The van der Waals surface area contributed by atoms with Gasteiger partial charge in [-0.05, 0) is 60.6 Å². The summed E-state index contributed by atoms with van der Waals surface area (Å²) in [4.78, 5) is 11.6. The molecule has 3 heteroatoms.